The number of furan rings is 1. The second-order valence-corrected chi connectivity index (χ2v) is 8.50. The first kappa shape index (κ1) is 21.3. The van der Waals surface area contributed by atoms with Gasteiger partial charge in [-0.05, 0) is 36.8 Å². The first-order valence-corrected chi connectivity index (χ1v) is 10.7. The number of thiocarbonyl (C=S) groups is 1. The molecule has 10 heteroatoms. The van der Waals surface area contributed by atoms with Gasteiger partial charge in [0.25, 0.3) is 11.5 Å². The minimum Gasteiger partial charge on any atom is -0.467 e. The fourth-order valence-corrected chi connectivity index (χ4v) is 4.46. The minimum absolute atomic E-state index is 0.252. The smallest absolute Gasteiger partial charge is 0.267 e. The van der Waals surface area contributed by atoms with Crippen LogP contribution in [0.2, 0.25) is 0 Å². The highest BCUT2D eigenvalue weighted by Gasteiger charge is 2.32. The number of aromatic nitrogens is 2. The molecule has 1 aliphatic rings. The van der Waals surface area contributed by atoms with Crippen LogP contribution < -0.4 is 10.9 Å². The molecule has 4 heterocycles. The molecule has 160 valence electrons. The van der Waals surface area contributed by atoms with Crippen LogP contribution in [0.3, 0.4) is 0 Å². The van der Waals surface area contributed by atoms with Crippen molar-refractivity contribution in [3.05, 3.63) is 68.9 Å². The molecule has 1 N–H and O–H groups in total. The Kier molecular flexibility index (Phi) is 6.21. The van der Waals surface area contributed by atoms with Gasteiger partial charge in [0.15, 0.2) is 0 Å². The Hall–Kier alpha value is -2.95. The number of amides is 1. The van der Waals surface area contributed by atoms with Gasteiger partial charge < -0.3 is 14.5 Å². The molecule has 1 aliphatic heterocycles. The first-order chi connectivity index (χ1) is 15.0. The standard InChI is InChI=1S/C21H20N4O4S2/c1-13-5-3-7-24-18(13)23-17(22-12-14-6-4-9-29-14)15(19(24)26)11-16-20(27)25(8-10-28-2)21(30)31-16/h3-7,9,11,22H,8,10,12H2,1-2H3. The van der Waals surface area contributed by atoms with E-state index in [1.807, 2.05) is 19.1 Å². The molecular weight excluding hydrogens is 436 g/mol. The van der Waals surface area contributed by atoms with E-state index in [0.717, 1.165) is 17.3 Å². The summed E-state index contributed by atoms with van der Waals surface area (Å²) in [5, 5.41) is 3.17. The lowest BCUT2D eigenvalue weighted by Crippen LogP contribution is -2.31. The van der Waals surface area contributed by atoms with Crippen molar-refractivity contribution in [1.29, 1.82) is 0 Å². The lowest BCUT2D eigenvalue weighted by Gasteiger charge is -2.13. The predicted molar refractivity (Wildman–Crippen MR) is 124 cm³/mol. The van der Waals surface area contributed by atoms with Crippen LogP contribution in [0.15, 0.2) is 50.8 Å². The number of hydrogen-bond donors (Lipinski definition) is 1. The van der Waals surface area contributed by atoms with Crippen molar-refractivity contribution in [2.75, 3.05) is 25.6 Å². The summed E-state index contributed by atoms with van der Waals surface area (Å²) in [6.07, 6.45) is 4.80. The summed E-state index contributed by atoms with van der Waals surface area (Å²) in [5.74, 6) is 0.819. The van der Waals surface area contributed by atoms with E-state index in [4.69, 9.17) is 21.4 Å². The molecule has 8 nitrogen and oxygen atoms in total. The summed E-state index contributed by atoms with van der Waals surface area (Å²) in [4.78, 5) is 32.7. The fourth-order valence-electron chi connectivity index (χ4n) is 3.17. The van der Waals surface area contributed by atoms with Gasteiger partial charge in [0.2, 0.25) is 0 Å². The summed E-state index contributed by atoms with van der Waals surface area (Å²) in [6, 6.07) is 7.29. The fraction of sp³-hybridized carbons (Fsp3) is 0.238. The third kappa shape index (κ3) is 4.27. The van der Waals surface area contributed by atoms with Crippen molar-refractivity contribution in [3.8, 4) is 0 Å². The summed E-state index contributed by atoms with van der Waals surface area (Å²) in [5.41, 5.74) is 1.40. The molecule has 3 aromatic heterocycles. The van der Waals surface area contributed by atoms with Gasteiger partial charge in [-0.3, -0.25) is 18.9 Å². The average Bonchev–Trinajstić information content (AvgIpc) is 3.36. The number of aryl methyl sites for hydroxylation is 1. The van der Waals surface area contributed by atoms with Gasteiger partial charge in [0.05, 0.1) is 36.4 Å². The van der Waals surface area contributed by atoms with Gasteiger partial charge in [0, 0.05) is 13.3 Å². The molecule has 1 amide bonds. The molecule has 31 heavy (non-hydrogen) atoms. The number of pyridine rings is 1. The summed E-state index contributed by atoms with van der Waals surface area (Å²) in [7, 11) is 1.56. The molecule has 4 rings (SSSR count). The predicted octanol–water partition coefficient (Wildman–Crippen LogP) is 3.06. The first-order valence-electron chi connectivity index (χ1n) is 9.52. The molecule has 0 bridgehead atoms. The van der Waals surface area contributed by atoms with E-state index in [2.05, 4.69) is 10.3 Å². The number of nitrogens with one attached hydrogen (secondary N) is 1. The maximum absolute atomic E-state index is 13.3. The van der Waals surface area contributed by atoms with Crippen LogP contribution in [0.1, 0.15) is 16.9 Å². The van der Waals surface area contributed by atoms with Crippen molar-refractivity contribution >= 4 is 51.7 Å². The minimum atomic E-state index is -0.280. The Balaban J connectivity index is 1.78. The third-order valence-electron chi connectivity index (χ3n) is 4.76. The van der Waals surface area contributed by atoms with Gasteiger partial charge in [-0.25, -0.2) is 4.98 Å². The molecule has 0 aliphatic carbocycles. The second kappa shape index (κ2) is 9.04. The molecule has 3 aromatic rings. The monoisotopic (exact) mass is 456 g/mol. The maximum atomic E-state index is 13.3. The van der Waals surface area contributed by atoms with E-state index < -0.39 is 0 Å². The van der Waals surface area contributed by atoms with E-state index in [0.29, 0.717) is 46.1 Å². The average molecular weight is 457 g/mol. The van der Waals surface area contributed by atoms with Crippen LogP contribution in [0.5, 0.6) is 0 Å². The molecular formula is C21H20N4O4S2. The Morgan fingerprint density at radius 1 is 1.32 bits per heavy atom. The van der Waals surface area contributed by atoms with Gasteiger partial charge in [0.1, 0.15) is 21.5 Å². The van der Waals surface area contributed by atoms with E-state index in [1.54, 1.807) is 37.8 Å². The summed E-state index contributed by atoms with van der Waals surface area (Å²) >= 11 is 6.49. The van der Waals surface area contributed by atoms with Crippen LogP contribution in [-0.2, 0) is 16.1 Å². The van der Waals surface area contributed by atoms with Gasteiger partial charge in [-0.15, -0.1) is 0 Å². The molecule has 0 aromatic carbocycles. The molecule has 1 fully saturated rings. The number of carbonyl (C=O) groups is 1. The normalized spacial score (nSPS) is 15.4. The lowest BCUT2D eigenvalue weighted by molar-refractivity contribution is -0.122. The van der Waals surface area contributed by atoms with E-state index in [9.17, 15) is 9.59 Å². The van der Waals surface area contributed by atoms with Gasteiger partial charge in [-0.2, -0.15) is 0 Å². The van der Waals surface area contributed by atoms with Gasteiger partial charge >= 0.3 is 0 Å². The molecule has 0 saturated carbocycles. The Morgan fingerprint density at radius 3 is 2.90 bits per heavy atom. The highest BCUT2D eigenvalue weighted by atomic mass is 32.2. The zero-order valence-corrected chi connectivity index (χ0v) is 18.6. The Bertz CT molecular complexity index is 1230. The van der Waals surface area contributed by atoms with Crippen molar-refractivity contribution in [2.24, 2.45) is 0 Å². The number of carbonyl (C=O) groups excluding carboxylic acids is 1. The Morgan fingerprint density at radius 2 is 2.16 bits per heavy atom. The van der Waals surface area contributed by atoms with Crippen LogP contribution >= 0.6 is 24.0 Å². The second-order valence-electron chi connectivity index (χ2n) is 6.82. The quantitative estimate of drug-likeness (QED) is 0.429. The number of nitrogens with zero attached hydrogens (tertiary/aromatic N) is 3. The maximum Gasteiger partial charge on any atom is 0.267 e. The lowest BCUT2D eigenvalue weighted by atomic mass is 10.2. The zero-order valence-electron chi connectivity index (χ0n) is 17.0. The number of fused-ring (bicyclic) bond motifs is 1. The zero-order chi connectivity index (χ0) is 22.0. The molecule has 1 saturated heterocycles. The van der Waals surface area contributed by atoms with Crippen molar-refractivity contribution in [3.63, 3.8) is 0 Å². The highest BCUT2D eigenvalue weighted by Crippen LogP contribution is 2.33. The van der Waals surface area contributed by atoms with Crippen LogP contribution in [0.25, 0.3) is 11.7 Å². The number of ether oxygens (including phenoxy) is 1. The van der Waals surface area contributed by atoms with Crippen LogP contribution in [-0.4, -0.2) is 44.8 Å². The van der Waals surface area contributed by atoms with Gasteiger partial charge in [-0.1, -0.05) is 30.0 Å². The highest BCUT2D eigenvalue weighted by molar-refractivity contribution is 8.26. The summed E-state index contributed by atoms with van der Waals surface area (Å²) < 4.78 is 12.3. The van der Waals surface area contributed by atoms with Crippen LogP contribution in [0, 0.1) is 6.92 Å². The van der Waals surface area contributed by atoms with Crippen LogP contribution in [0.4, 0.5) is 5.82 Å². The molecule has 0 unspecified atom stereocenters. The summed E-state index contributed by atoms with van der Waals surface area (Å²) in [6.45, 7) is 2.96. The van der Waals surface area contributed by atoms with E-state index in [1.165, 1.54) is 9.30 Å². The van der Waals surface area contributed by atoms with Crippen molar-refractivity contribution in [2.45, 2.75) is 13.5 Å². The number of rotatable bonds is 7. The topological polar surface area (TPSA) is 89.1 Å². The third-order valence-corrected chi connectivity index (χ3v) is 6.14. The van der Waals surface area contributed by atoms with Crippen molar-refractivity contribution in [1.82, 2.24) is 14.3 Å². The SMILES string of the molecule is COCCN1C(=O)C(=Cc2c(NCc3ccco3)nc3c(C)cccn3c2=O)SC1=S. The van der Waals surface area contributed by atoms with E-state index >= 15 is 0 Å². The molecule has 0 atom stereocenters. The number of thioether (sulfide) groups is 1. The number of hydrogen-bond acceptors (Lipinski definition) is 8. The Labute approximate surface area is 187 Å². The number of methoxy groups -OCH3 is 1. The molecule has 0 radical (unpaired) electrons. The van der Waals surface area contributed by atoms with E-state index in [-0.39, 0.29) is 17.0 Å². The number of anilines is 1. The largest absolute Gasteiger partial charge is 0.467 e. The van der Waals surface area contributed by atoms with Crippen molar-refractivity contribution < 1.29 is 13.9 Å². The molecule has 0 spiro atoms.